The number of carbonyl (C=O) groups excluding carboxylic acids is 2. The van der Waals surface area contributed by atoms with Crippen molar-refractivity contribution in [3.05, 3.63) is 0 Å². The molecule has 0 heterocycles. The van der Waals surface area contributed by atoms with E-state index in [2.05, 4.69) is 9.99 Å². The highest BCUT2D eigenvalue weighted by Crippen LogP contribution is 2.10. The minimum Gasteiger partial charge on any atom is -0.461 e. The standard InChI is InChI=1S/C12H21NO5S/c1-6-17-11(15)9(13-16-5)7-19-8-10(14)18-12(2,3)4/h6-8H2,1-5H3. The molecular formula is C12H21NO5S. The molecule has 19 heavy (non-hydrogen) atoms. The lowest BCUT2D eigenvalue weighted by molar-refractivity contribution is -0.151. The van der Waals surface area contributed by atoms with E-state index in [0.717, 1.165) is 0 Å². The highest BCUT2D eigenvalue weighted by molar-refractivity contribution is 8.00. The predicted molar refractivity (Wildman–Crippen MR) is 74.2 cm³/mol. The van der Waals surface area contributed by atoms with Gasteiger partial charge in [-0.3, -0.25) is 4.79 Å². The Hall–Kier alpha value is -1.24. The lowest BCUT2D eigenvalue weighted by Gasteiger charge is -2.19. The molecule has 0 unspecified atom stereocenters. The van der Waals surface area contributed by atoms with Gasteiger partial charge in [-0.05, 0) is 27.7 Å². The summed E-state index contributed by atoms with van der Waals surface area (Å²) in [6.07, 6.45) is 0. The van der Waals surface area contributed by atoms with Crippen LogP contribution in [0.25, 0.3) is 0 Å². The number of hydrogen-bond donors (Lipinski definition) is 0. The van der Waals surface area contributed by atoms with Crippen LogP contribution in [-0.2, 0) is 23.9 Å². The van der Waals surface area contributed by atoms with Crippen molar-refractivity contribution in [1.82, 2.24) is 0 Å². The van der Waals surface area contributed by atoms with E-state index in [0.29, 0.717) is 0 Å². The van der Waals surface area contributed by atoms with Crippen LogP contribution in [0.4, 0.5) is 0 Å². The summed E-state index contributed by atoms with van der Waals surface area (Å²) in [4.78, 5) is 27.5. The first-order valence-electron chi connectivity index (χ1n) is 5.87. The fraction of sp³-hybridized carbons (Fsp3) is 0.750. The summed E-state index contributed by atoms with van der Waals surface area (Å²) in [5.41, 5.74) is -0.375. The summed E-state index contributed by atoms with van der Waals surface area (Å²) in [6, 6.07) is 0. The van der Waals surface area contributed by atoms with Gasteiger partial charge in [-0.2, -0.15) is 0 Å². The van der Waals surface area contributed by atoms with E-state index in [1.807, 2.05) is 0 Å². The highest BCUT2D eigenvalue weighted by Gasteiger charge is 2.18. The molecule has 0 aliphatic carbocycles. The minimum atomic E-state index is -0.541. The molecular weight excluding hydrogens is 270 g/mol. The maximum Gasteiger partial charge on any atom is 0.356 e. The summed E-state index contributed by atoms with van der Waals surface area (Å²) in [5.74, 6) is -0.509. The molecule has 0 amide bonds. The lowest BCUT2D eigenvalue weighted by Crippen LogP contribution is -2.26. The van der Waals surface area contributed by atoms with Crippen molar-refractivity contribution < 1.29 is 23.9 Å². The average molecular weight is 291 g/mol. The molecule has 0 radical (unpaired) electrons. The second-order valence-corrected chi connectivity index (χ2v) is 5.51. The molecule has 0 saturated heterocycles. The molecule has 0 fully saturated rings. The van der Waals surface area contributed by atoms with Gasteiger partial charge in [0.1, 0.15) is 12.7 Å². The first-order chi connectivity index (χ1) is 8.80. The number of carbonyl (C=O) groups is 2. The topological polar surface area (TPSA) is 74.2 Å². The number of thioether (sulfide) groups is 1. The Morgan fingerprint density at radius 3 is 2.32 bits per heavy atom. The summed E-state index contributed by atoms with van der Waals surface area (Å²) in [6.45, 7) is 7.36. The van der Waals surface area contributed by atoms with Gasteiger partial charge < -0.3 is 14.3 Å². The third kappa shape index (κ3) is 9.35. The molecule has 6 nitrogen and oxygen atoms in total. The lowest BCUT2D eigenvalue weighted by atomic mass is 10.2. The fourth-order valence-electron chi connectivity index (χ4n) is 1.05. The van der Waals surface area contributed by atoms with Crippen LogP contribution in [-0.4, -0.2) is 48.5 Å². The van der Waals surface area contributed by atoms with Crippen LogP contribution in [0.15, 0.2) is 5.16 Å². The summed E-state index contributed by atoms with van der Waals surface area (Å²) < 4.78 is 9.96. The van der Waals surface area contributed by atoms with E-state index in [4.69, 9.17) is 9.47 Å². The molecule has 0 bridgehead atoms. The normalized spacial score (nSPS) is 11.9. The fourth-order valence-corrected chi connectivity index (χ4v) is 1.74. The van der Waals surface area contributed by atoms with Crippen molar-refractivity contribution in [2.45, 2.75) is 33.3 Å². The van der Waals surface area contributed by atoms with Gasteiger partial charge in [0.2, 0.25) is 0 Å². The number of rotatable bonds is 7. The van der Waals surface area contributed by atoms with E-state index in [-0.39, 0.29) is 29.8 Å². The van der Waals surface area contributed by atoms with Gasteiger partial charge in [-0.15, -0.1) is 11.8 Å². The Kier molecular flexibility index (Phi) is 8.22. The van der Waals surface area contributed by atoms with E-state index in [1.54, 1.807) is 27.7 Å². The largest absolute Gasteiger partial charge is 0.461 e. The summed E-state index contributed by atoms with van der Waals surface area (Å²) in [5, 5.41) is 3.58. The Morgan fingerprint density at radius 1 is 1.21 bits per heavy atom. The Morgan fingerprint density at radius 2 is 1.84 bits per heavy atom. The molecule has 0 aromatic heterocycles. The molecule has 0 aromatic rings. The van der Waals surface area contributed by atoms with E-state index < -0.39 is 11.6 Å². The average Bonchev–Trinajstić information content (AvgIpc) is 2.25. The van der Waals surface area contributed by atoms with Crippen molar-refractivity contribution in [2.75, 3.05) is 25.2 Å². The van der Waals surface area contributed by atoms with E-state index in [1.165, 1.54) is 18.9 Å². The van der Waals surface area contributed by atoms with Crippen molar-refractivity contribution in [3.63, 3.8) is 0 Å². The molecule has 0 rings (SSSR count). The SMILES string of the molecule is CCOC(=O)C(CSCC(=O)OC(C)(C)C)=NOC. The van der Waals surface area contributed by atoms with Crippen LogP contribution >= 0.6 is 11.8 Å². The summed E-state index contributed by atoms with van der Waals surface area (Å²) >= 11 is 1.22. The predicted octanol–water partition coefficient (Wildman–Crippen LogP) is 1.63. The van der Waals surface area contributed by atoms with Gasteiger partial charge in [-0.1, -0.05) is 5.16 Å². The van der Waals surface area contributed by atoms with Crippen molar-refractivity contribution in [2.24, 2.45) is 5.16 Å². The first kappa shape index (κ1) is 17.8. The maximum absolute atomic E-state index is 11.5. The van der Waals surface area contributed by atoms with E-state index >= 15 is 0 Å². The number of ether oxygens (including phenoxy) is 2. The van der Waals surface area contributed by atoms with Crippen LogP contribution in [0, 0.1) is 0 Å². The maximum atomic E-state index is 11.5. The molecule has 7 heteroatoms. The summed E-state index contributed by atoms with van der Waals surface area (Å²) in [7, 11) is 1.34. The van der Waals surface area contributed by atoms with Crippen molar-refractivity contribution in [1.29, 1.82) is 0 Å². The van der Waals surface area contributed by atoms with Gasteiger partial charge >= 0.3 is 11.9 Å². The zero-order valence-corrected chi connectivity index (χ0v) is 12.8. The smallest absolute Gasteiger partial charge is 0.356 e. The second-order valence-electron chi connectivity index (χ2n) is 4.52. The highest BCUT2D eigenvalue weighted by atomic mass is 32.2. The van der Waals surface area contributed by atoms with E-state index in [9.17, 15) is 9.59 Å². The quantitative estimate of drug-likeness (QED) is 0.403. The van der Waals surface area contributed by atoms with Gasteiger partial charge in [0.15, 0.2) is 5.71 Å². The van der Waals surface area contributed by atoms with Gasteiger partial charge in [-0.25, -0.2) is 4.79 Å². The zero-order chi connectivity index (χ0) is 14.9. The molecule has 0 spiro atoms. The molecule has 0 aliphatic heterocycles. The van der Waals surface area contributed by atoms with Gasteiger partial charge in [0, 0.05) is 5.75 Å². The van der Waals surface area contributed by atoms with Crippen LogP contribution in [0.5, 0.6) is 0 Å². The van der Waals surface area contributed by atoms with Gasteiger partial charge in [0.05, 0.1) is 12.4 Å². The Labute approximate surface area is 117 Å². The third-order valence-corrected chi connectivity index (χ3v) is 2.51. The van der Waals surface area contributed by atoms with Gasteiger partial charge in [0.25, 0.3) is 0 Å². The van der Waals surface area contributed by atoms with Crippen LogP contribution in [0.3, 0.4) is 0 Å². The number of hydrogen-bond acceptors (Lipinski definition) is 7. The Balaban J connectivity index is 4.18. The minimum absolute atomic E-state index is 0.137. The Bertz CT molecular complexity index is 336. The van der Waals surface area contributed by atoms with Crippen molar-refractivity contribution >= 4 is 29.4 Å². The molecule has 0 aromatic carbocycles. The molecule has 0 N–H and O–H groups in total. The van der Waals surface area contributed by atoms with Crippen LogP contribution < -0.4 is 0 Å². The second kappa shape index (κ2) is 8.79. The van der Waals surface area contributed by atoms with Crippen LogP contribution in [0.1, 0.15) is 27.7 Å². The molecule has 0 atom stereocenters. The number of oxime groups is 1. The van der Waals surface area contributed by atoms with Crippen LogP contribution in [0.2, 0.25) is 0 Å². The molecule has 0 saturated carbocycles. The monoisotopic (exact) mass is 291 g/mol. The van der Waals surface area contributed by atoms with Crippen molar-refractivity contribution in [3.8, 4) is 0 Å². The number of esters is 2. The zero-order valence-electron chi connectivity index (χ0n) is 12.0. The molecule has 110 valence electrons. The number of nitrogens with zero attached hydrogens (tertiary/aromatic N) is 1. The molecule has 0 aliphatic rings. The third-order valence-electron chi connectivity index (χ3n) is 1.59. The first-order valence-corrected chi connectivity index (χ1v) is 7.02.